The first kappa shape index (κ1) is 12.2. The zero-order valence-electron chi connectivity index (χ0n) is 8.95. The van der Waals surface area contributed by atoms with Gasteiger partial charge in [-0.15, -0.1) is 11.6 Å². The highest BCUT2D eigenvalue weighted by Crippen LogP contribution is 2.16. The Morgan fingerprint density at radius 2 is 1.83 bits per heavy atom. The maximum Gasteiger partial charge on any atom is 0.0484 e. The molecule has 2 heteroatoms. The third kappa shape index (κ3) is 4.32. The van der Waals surface area contributed by atoms with Gasteiger partial charge in [-0.1, -0.05) is 13.3 Å². The van der Waals surface area contributed by atoms with E-state index in [1.54, 1.807) is 0 Å². The summed E-state index contributed by atoms with van der Waals surface area (Å²) in [6.07, 6.45) is 2.44. The largest absolute Gasteiger partial charge is 0.308 e. The van der Waals surface area contributed by atoms with Gasteiger partial charge in [0.15, 0.2) is 0 Å². The van der Waals surface area contributed by atoms with Crippen molar-refractivity contribution in [3.05, 3.63) is 0 Å². The lowest BCUT2D eigenvalue weighted by Crippen LogP contribution is -2.50. The zero-order chi connectivity index (χ0) is 9.78. The summed E-state index contributed by atoms with van der Waals surface area (Å²) >= 11 is 6.05. The van der Waals surface area contributed by atoms with Gasteiger partial charge < -0.3 is 5.32 Å². The van der Waals surface area contributed by atoms with Crippen LogP contribution in [-0.2, 0) is 0 Å². The van der Waals surface area contributed by atoms with Gasteiger partial charge in [-0.25, -0.2) is 0 Å². The second-order valence-corrected chi connectivity index (χ2v) is 4.83. The molecule has 0 aromatic heterocycles. The van der Waals surface area contributed by atoms with Crippen molar-refractivity contribution in [3.63, 3.8) is 0 Å². The average molecular weight is 192 g/mol. The van der Waals surface area contributed by atoms with Crippen LogP contribution in [0.15, 0.2) is 0 Å². The van der Waals surface area contributed by atoms with Crippen molar-refractivity contribution >= 4 is 11.6 Å². The van der Waals surface area contributed by atoms with E-state index in [0.717, 1.165) is 0 Å². The maximum absolute atomic E-state index is 6.05. The number of halogens is 1. The molecular weight excluding hydrogens is 170 g/mol. The van der Waals surface area contributed by atoms with Crippen LogP contribution in [0.1, 0.15) is 47.5 Å². The molecule has 1 N–H and O–H groups in total. The summed E-state index contributed by atoms with van der Waals surface area (Å²) in [6, 6.07) is 0.561. The second kappa shape index (κ2) is 5.08. The van der Waals surface area contributed by atoms with Crippen LogP contribution in [0.4, 0.5) is 0 Å². The van der Waals surface area contributed by atoms with E-state index in [-0.39, 0.29) is 10.9 Å². The van der Waals surface area contributed by atoms with Crippen molar-refractivity contribution < 1.29 is 0 Å². The molecule has 0 aliphatic rings. The summed E-state index contributed by atoms with van der Waals surface area (Å²) in [6.45, 7) is 10.8. The lowest BCUT2D eigenvalue weighted by Gasteiger charge is -2.32. The molecule has 0 saturated carbocycles. The predicted octanol–water partition coefficient (Wildman–Crippen LogP) is 3.17. The number of nitrogens with one attached hydrogen (secondary N) is 1. The number of hydrogen-bond donors (Lipinski definition) is 1. The van der Waals surface area contributed by atoms with Gasteiger partial charge in [-0.3, -0.25) is 0 Å². The van der Waals surface area contributed by atoms with Crippen molar-refractivity contribution in [3.8, 4) is 0 Å². The smallest absolute Gasteiger partial charge is 0.0484 e. The summed E-state index contributed by atoms with van der Waals surface area (Å²) in [5.74, 6) is 0. The first-order chi connectivity index (χ1) is 5.40. The maximum atomic E-state index is 6.05. The number of alkyl halides is 1. The molecule has 2 unspecified atom stereocenters. The molecule has 0 radical (unpaired) electrons. The molecule has 74 valence electrons. The lowest BCUT2D eigenvalue weighted by atomic mass is 9.99. The molecule has 0 rings (SSSR count). The third-order valence-electron chi connectivity index (χ3n) is 2.33. The molecule has 0 aromatic rings. The molecule has 0 saturated heterocycles. The molecule has 0 spiro atoms. The zero-order valence-corrected chi connectivity index (χ0v) is 9.70. The highest BCUT2D eigenvalue weighted by Gasteiger charge is 2.24. The van der Waals surface area contributed by atoms with E-state index >= 15 is 0 Å². The molecule has 0 fully saturated rings. The Morgan fingerprint density at radius 1 is 1.33 bits per heavy atom. The van der Waals surface area contributed by atoms with Crippen molar-refractivity contribution in [1.82, 2.24) is 5.32 Å². The molecule has 0 heterocycles. The normalized spacial score (nSPS) is 17.5. The van der Waals surface area contributed by atoms with Gasteiger partial charge in [0.05, 0.1) is 0 Å². The van der Waals surface area contributed by atoms with E-state index in [2.05, 4.69) is 33.0 Å². The van der Waals surface area contributed by atoms with Crippen molar-refractivity contribution in [2.24, 2.45) is 0 Å². The van der Waals surface area contributed by atoms with Crippen molar-refractivity contribution in [2.75, 3.05) is 0 Å². The minimum Gasteiger partial charge on any atom is -0.308 e. The molecule has 1 nitrogen and oxygen atoms in total. The van der Waals surface area contributed by atoms with E-state index in [1.165, 1.54) is 12.8 Å². The molecular formula is C10H22ClN. The van der Waals surface area contributed by atoms with Gasteiger partial charge in [-0.2, -0.15) is 0 Å². The molecule has 2 atom stereocenters. The summed E-state index contributed by atoms with van der Waals surface area (Å²) in [7, 11) is 0. The van der Waals surface area contributed by atoms with Gasteiger partial charge in [0, 0.05) is 17.0 Å². The number of rotatable bonds is 5. The molecule has 12 heavy (non-hydrogen) atoms. The van der Waals surface area contributed by atoms with Crippen LogP contribution < -0.4 is 5.32 Å². The molecule has 0 aliphatic heterocycles. The topological polar surface area (TPSA) is 12.0 Å². The highest BCUT2D eigenvalue weighted by molar-refractivity contribution is 6.21. The van der Waals surface area contributed by atoms with Gasteiger partial charge in [0.2, 0.25) is 0 Å². The Morgan fingerprint density at radius 3 is 2.17 bits per heavy atom. The Bertz CT molecular complexity index is 121. The number of hydrogen-bond acceptors (Lipinski definition) is 1. The Balaban J connectivity index is 3.88. The lowest BCUT2D eigenvalue weighted by molar-refractivity contribution is 0.328. The van der Waals surface area contributed by atoms with E-state index < -0.39 is 0 Å². The van der Waals surface area contributed by atoms with E-state index in [4.69, 9.17) is 11.6 Å². The second-order valence-electron chi connectivity index (χ2n) is 4.17. The van der Waals surface area contributed by atoms with E-state index in [0.29, 0.717) is 6.04 Å². The summed E-state index contributed by atoms with van der Waals surface area (Å²) in [5, 5.41) is 3.69. The minimum absolute atomic E-state index is 0.0378. The first-order valence-corrected chi connectivity index (χ1v) is 5.25. The summed E-state index contributed by atoms with van der Waals surface area (Å²) < 4.78 is 0. The van der Waals surface area contributed by atoms with Crippen LogP contribution in [0.25, 0.3) is 0 Å². The molecule has 0 aliphatic carbocycles. The Kier molecular flexibility index (Phi) is 5.19. The van der Waals surface area contributed by atoms with Crippen LogP contribution in [0.3, 0.4) is 0 Å². The fraction of sp³-hybridized carbons (Fsp3) is 1.00. The first-order valence-electron chi connectivity index (χ1n) is 4.82. The third-order valence-corrected chi connectivity index (χ3v) is 2.88. The van der Waals surface area contributed by atoms with Crippen molar-refractivity contribution in [1.29, 1.82) is 0 Å². The standard InChI is InChI=1S/C10H22ClN/c1-6-7-8(2)12-10(4,5)9(3)11/h8-9,12H,6-7H2,1-5H3. The fourth-order valence-corrected chi connectivity index (χ4v) is 1.32. The van der Waals surface area contributed by atoms with Crippen LogP contribution in [0.2, 0.25) is 0 Å². The van der Waals surface area contributed by atoms with Crippen LogP contribution >= 0.6 is 11.6 Å². The van der Waals surface area contributed by atoms with Crippen LogP contribution in [0, 0.1) is 0 Å². The highest BCUT2D eigenvalue weighted by atomic mass is 35.5. The minimum atomic E-state index is 0.0378. The van der Waals surface area contributed by atoms with Gasteiger partial charge in [0.25, 0.3) is 0 Å². The van der Waals surface area contributed by atoms with Gasteiger partial charge in [0.1, 0.15) is 0 Å². The molecule has 0 aromatic carbocycles. The van der Waals surface area contributed by atoms with Crippen LogP contribution in [0.5, 0.6) is 0 Å². The monoisotopic (exact) mass is 191 g/mol. The SMILES string of the molecule is CCCC(C)NC(C)(C)C(C)Cl. The predicted molar refractivity (Wildman–Crippen MR) is 56.9 cm³/mol. The molecule has 0 bridgehead atoms. The summed E-state index contributed by atoms with van der Waals surface area (Å²) in [4.78, 5) is 0. The summed E-state index contributed by atoms with van der Waals surface area (Å²) in [5.41, 5.74) is 0.0378. The fourth-order valence-electron chi connectivity index (χ4n) is 1.26. The van der Waals surface area contributed by atoms with Gasteiger partial charge >= 0.3 is 0 Å². The van der Waals surface area contributed by atoms with Crippen LogP contribution in [-0.4, -0.2) is 17.0 Å². The van der Waals surface area contributed by atoms with Crippen molar-refractivity contribution in [2.45, 2.75) is 64.4 Å². The van der Waals surface area contributed by atoms with Gasteiger partial charge in [-0.05, 0) is 34.1 Å². The quantitative estimate of drug-likeness (QED) is 0.659. The Labute approximate surface area is 81.9 Å². The Hall–Kier alpha value is 0.250. The molecule has 0 amide bonds. The van der Waals surface area contributed by atoms with E-state index in [1.807, 2.05) is 6.92 Å². The average Bonchev–Trinajstić information content (AvgIpc) is 1.85. The van der Waals surface area contributed by atoms with E-state index in [9.17, 15) is 0 Å².